The number of halogens is 2. The van der Waals surface area contributed by atoms with E-state index in [4.69, 9.17) is 0 Å². The van der Waals surface area contributed by atoms with Gasteiger partial charge in [-0.05, 0) is 18.8 Å². The normalized spacial score (nSPS) is 24.7. The van der Waals surface area contributed by atoms with Crippen LogP contribution in [0.5, 0.6) is 0 Å². The molecule has 1 saturated carbocycles. The number of hydrogen-bond donors (Lipinski definition) is 0. The summed E-state index contributed by atoms with van der Waals surface area (Å²) in [5.74, 6) is 0.948. The van der Waals surface area contributed by atoms with Crippen LogP contribution >= 0.6 is 31.9 Å². The molecule has 0 aliphatic heterocycles. The maximum atomic E-state index is 3.66. The first-order valence-electron chi connectivity index (χ1n) is 3.54. The van der Waals surface area contributed by atoms with E-state index >= 15 is 0 Å². The monoisotopic (exact) mass is 254 g/mol. The fourth-order valence-electron chi connectivity index (χ4n) is 1.45. The quantitative estimate of drug-likeness (QED) is 0.664. The molecule has 1 aliphatic rings. The minimum atomic E-state index is 0.722. The summed E-state index contributed by atoms with van der Waals surface area (Å²) in [6, 6.07) is 0. The molecule has 0 bridgehead atoms. The van der Waals surface area contributed by atoms with Gasteiger partial charge in [-0.1, -0.05) is 44.7 Å². The molecule has 1 aliphatic carbocycles. The average molecular weight is 256 g/mol. The molecule has 0 nitrogen and oxygen atoms in total. The molecule has 0 aromatic rings. The van der Waals surface area contributed by atoms with E-state index in [1.807, 2.05) is 0 Å². The lowest BCUT2D eigenvalue weighted by atomic mass is 10.1. The third-order valence-electron chi connectivity index (χ3n) is 2.06. The first-order valence-corrected chi connectivity index (χ1v) is 5.58. The van der Waals surface area contributed by atoms with Crippen molar-refractivity contribution in [2.45, 2.75) is 30.5 Å². The first kappa shape index (κ1) is 8.06. The van der Waals surface area contributed by atoms with E-state index < -0.39 is 0 Å². The van der Waals surface area contributed by atoms with Crippen LogP contribution in [0.15, 0.2) is 0 Å². The molecular weight excluding hydrogens is 244 g/mol. The van der Waals surface area contributed by atoms with Crippen molar-refractivity contribution in [3.63, 3.8) is 0 Å². The number of rotatable bonds is 2. The summed E-state index contributed by atoms with van der Waals surface area (Å²) in [6.45, 7) is 0. The maximum Gasteiger partial charge on any atom is 0.0271 e. The van der Waals surface area contributed by atoms with Crippen LogP contribution in [0.4, 0.5) is 0 Å². The Morgan fingerprint density at radius 1 is 1.33 bits per heavy atom. The molecule has 0 spiro atoms. The Bertz CT molecular complexity index is 77.0. The molecule has 1 fully saturated rings. The molecule has 2 heteroatoms. The smallest absolute Gasteiger partial charge is 0.0271 e. The maximum absolute atomic E-state index is 3.66. The van der Waals surface area contributed by atoms with Gasteiger partial charge in [0.1, 0.15) is 0 Å². The van der Waals surface area contributed by atoms with Gasteiger partial charge >= 0.3 is 0 Å². The summed E-state index contributed by atoms with van der Waals surface area (Å²) in [4.78, 5) is 0.722. The first-order chi connectivity index (χ1) is 4.34. The fourth-order valence-corrected chi connectivity index (χ4v) is 2.50. The van der Waals surface area contributed by atoms with E-state index in [9.17, 15) is 0 Å². The lowest BCUT2D eigenvalue weighted by Gasteiger charge is -2.12. The van der Waals surface area contributed by atoms with Crippen LogP contribution in [0.3, 0.4) is 0 Å². The van der Waals surface area contributed by atoms with E-state index in [2.05, 4.69) is 31.9 Å². The largest absolute Gasteiger partial charge is 0.0916 e. The van der Waals surface area contributed by atoms with Crippen molar-refractivity contribution in [3.05, 3.63) is 0 Å². The summed E-state index contributed by atoms with van der Waals surface area (Å²) in [7, 11) is 0. The van der Waals surface area contributed by atoms with Gasteiger partial charge in [0.05, 0.1) is 0 Å². The van der Waals surface area contributed by atoms with Crippen molar-refractivity contribution in [1.29, 1.82) is 0 Å². The SMILES string of the molecule is BrCC(Br)C1CCCC1. The summed E-state index contributed by atoms with van der Waals surface area (Å²) >= 11 is 7.13. The Morgan fingerprint density at radius 2 is 1.89 bits per heavy atom. The molecule has 1 unspecified atom stereocenters. The van der Waals surface area contributed by atoms with Gasteiger partial charge in [0.2, 0.25) is 0 Å². The zero-order valence-electron chi connectivity index (χ0n) is 5.45. The molecule has 0 aromatic heterocycles. The molecule has 0 heterocycles. The summed E-state index contributed by atoms with van der Waals surface area (Å²) in [6.07, 6.45) is 5.75. The van der Waals surface area contributed by atoms with Gasteiger partial charge < -0.3 is 0 Å². The van der Waals surface area contributed by atoms with Crippen LogP contribution in [0, 0.1) is 5.92 Å². The molecule has 9 heavy (non-hydrogen) atoms. The Kier molecular flexibility index (Phi) is 3.55. The Morgan fingerprint density at radius 3 is 2.33 bits per heavy atom. The summed E-state index contributed by atoms with van der Waals surface area (Å²) < 4.78 is 0. The van der Waals surface area contributed by atoms with Crippen LogP contribution in [-0.4, -0.2) is 10.2 Å². The van der Waals surface area contributed by atoms with Crippen LogP contribution in [-0.2, 0) is 0 Å². The minimum absolute atomic E-state index is 0.722. The second-order valence-electron chi connectivity index (χ2n) is 2.71. The van der Waals surface area contributed by atoms with Crippen molar-refractivity contribution >= 4 is 31.9 Å². The number of hydrogen-bond acceptors (Lipinski definition) is 0. The molecule has 0 saturated heterocycles. The van der Waals surface area contributed by atoms with Crippen molar-refractivity contribution in [3.8, 4) is 0 Å². The second-order valence-corrected chi connectivity index (χ2v) is 4.54. The molecule has 54 valence electrons. The van der Waals surface area contributed by atoms with Gasteiger partial charge in [0.15, 0.2) is 0 Å². The van der Waals surface area contributed by atoms with Gasteiger partial charge in [0.25, 0.3) is 0 Å². The second kappa shape index (κ2) is 3.97. The third-order valence-corrected chi connectivity index (χ3v) is 4.70. The van der Waals surface area contributed by atoms with Crippen LogP contribution < -0.4 is 0 Å². The van der Waals surface area contributed by atoms with Gasteiger partial charge in [-0.25, -0.2) is 0 Å². The van der Waals surface area contributed by atoms with Gasteiger partial charge in [0, 0.05) is 10.2 Å². The molecule has 1 atom stereocenters. The highest BCUT2D eigenvalue weighted by Gasteiger charge is 2.21. The van der Waals surface area contributed by atoms with Gasteiger partial charge in [-0.3, -0.25) is 0 Å². The van der Waals surface area contributed by atoms with E-state index in [1.54, 1.807) is 0 Å². The van der Waals surface area contributed by atoms with E-state index in [0.29, 0.717) is 0 Å². The number of alkyl halides is 2. The van der Waals surface area contributed by atoms with Crippen LogP contribution in [0.1, 0.15) is 25.7 Å². The predicted molar refractivity (Wildman–Crippen MR) is 48.5 cm³/mol. The lowest BCUT2D eigenvalue weighted by Crippen LogP contribution is -2.11. The predicted octanol–water partition coefficient (Wildman–Crippen LogP) is 3.34. The molecule has 0 radical (unpaired) electrons. The van der Waals surface area contributed by atoms with Crippen molar-refractivity contribution in [2.24, 2.45) is 5.92 Å². The highest BCUT2D eigenvalue weighted by molar-refractivity contribution is 9.12. The highest BCUT2D eigenvalue weighted by Crippen LogP contribution is 2.31. The Hall–Kier alpha value is 0.960. The molecule has 0 N–H and O–H groups in total. The van der Waals surface area contributed by atoms with Crippen molar-refractivity contribution in [2.75, 3.05) is 5.33 Å². The Balaban J connectivity index is 2.24. The van der Waals surface area contributed by atoms with Crippen molar-refractivity contribution < 1.29 is 0 Å². The summed E-state index contributed by atoms with van der Waals surface area (Å²) in [5.41, 5.74) is 0. The summed E-state index contributed by atoms with van der Waals surface area (Å²) in [5, 5.41) is 1.11. The highest BCUT2D eigenvalue weighted by atomic mass is 79.9. The van der Waals surface area contributed by atoms with Crippen LogP contribution in [0.2, 0.25) is 0 Å². The standard InChI is InChI=1S/C7H12Br2/c8-5-7(9)6-3-1-2-4-6/h6-7H,1-5H2. The zero-order valence-corrected chi connectivity index (χ0v) is 8.62. The molecule has 0 aromatic carbocycles. The topological polar surface area (TPSA) is 0 Å². The van der Waals surface area contributed by atoms with E-state index in [1.165, 1.54) is 25.7 Å². The van der Waals surface area contributed by atoms with Gasteiger partial charge in [-0.2, -0.15) is 0 Å². The Labute approximate surface area is 73.7 Å². The zero-order chi connectivity index (χ0) is 6.69. The molecule has 0 amide bonds. The third kappa shape index (κ3) is 2.23. The van der Waals surface area contributed by atoms with Crippen LogP contribution in [0.25, 0.3) is 0 Å². The lowest BCUT2D eigenvalue weighted by molar-refractivity contribution is 0.556. The van der Waals surface area contributed by atoms with Gasteiger partial charge in [-0.15, -0.1) is 0 Å². The van der Waals surface area contributed by atoms with Crippen molar-refractivity contribution in [1.82, 2.24) is 0 Å². The van der Waals surface area contributed by atoms with E-state index in [0.717, 1.165) is 16.1 Å². The molecule has 1 rings (SSSR count). The molecular formula is C7H12Br2. The minimum Gasteiger partial charge on any atom is -0.0916 e. The fraction of sp³-hybridized carbons (Fsp3) is 1.00. The average Bonchev–Trinajstić information content (AvgIpc) is 2.37. The van der Waals surface area contributed by atoms with E-state index in [-0.39, 0.29) is 0 Å².